The predicted octanol–water partition coefficient (Wildman–Crippen LogP) is 4.60. The predicted molar refractivity (Wildman–Crippen MR) is 130 cm³/mol. The first-order valence-electron chi connectivity index (χ1n) is 11.2. The zero-order chi connectivity index (χ0) is 24.8. The number of carbonyl (C=O) groups is 1. The van der Waals surface area contributed by atoms with Crippen LogP contribution in [0, 0.1) is 5.82 Å². The van der Waals surface area contributed by atoms with Gasteiger partial charge in [-0.3, -0.25) is 9.20 Å². The molecule has 1 heterocycles. The van der Waals surface area contributed by atoms with Gasteiger partial charge in [-0.1, -0.05) is 6.92 Å². The topological polar surface area (TPSA) is 80.6 Å². The van der Waals surface area contributed by atoms with Gasteiger partial charge >= 0.3 is 6.09 Å². The highest BCUT2D eigenvalue weighted by molar-refractivity contribution is 7.84. The van der Waals surface area contributed by atoms with E-state index in [9.17, 15) is 13.4 Å². The normalized spacial score (nSPS) is 18.2. The number of piperidine rings is 1. The van der Waals surface area contributed by atoms with E-state index in [1.54, 1.807) is 18.0 Å². The zero-order valence-electron chi connectivity index (χ0n) is 20.7. The Morgan fingerprint density at radius 1 is 1.30 bits per heavy atom. The number of nitrogens with zero attached hydrogens (tertiary/aromatic N) is 3. The van der Waals surface area contributed by atoms with Crippen molar-refractivity contribution in [3.8, 4) is 0 Å². The summed E-state index contributed by atoms with van der Waals surface area (Å²) in [7, 11) is 0.199. The third-order valence-corrected chi connectivity index (χ3v) is 6.23. The van der Waals surface area contributed by atoms with Crippen molar-refractivity contribution < 1.29 is 22.9 Å². The van der Waals surface area contributed by atoms with Crippen LogP contribution in [0.3, 0.4) is 0 Å². The molecule has 1 aliphatic rings. The van der Waals surface area contributed by atoms with Gasteiger partial charge in [0.15, 0.2) is 5.84 Å². The third kappa shape index (κ3) is 7.99. The molecule has 1 aromatic rings. The van der Waals surface area contributed by atoms with E-state index in [-0.39, 0.29) is 23.2 Å². The Morgan fingerprint density at radius 3 is 2.42 bits per heavy atom. The molecule has 0 aliphatic carbocycles. The van der Waals surface area contributed by atoms with E-state index in [0.717, 1.165) is 25.0 Å². The minimum atomic E-state index is -1.40. The largest absolute Gasteiger partial charge is 0.444 e. The van der Waals surface area contributed by atoms with Crippen LogP contribution in [0.15, 0.2) is 33.1 Å². The molecule has 1 aromatic carbocycles. The lowest BCUT2D eigenvalue weighted by Crippen LogP contribution is -2.44. The number of benzene rings is 1. The van der Waals surface area contributed by atoms with E-state index in [1.807, 2.05) is 34.6 Å². The van der Waals surface area contributed by atoms with Gasteiger partial charge in [0.1, 0.15) is 11.4 Å². The highest BCUT2D eigenvalue weighted by Gasteiger charge is 2.28. The number of rotatable bonds is 6. The van der Waals surface area contributed by atoms with Crippen LogP contribution >= 0.6 is 0 Å². The van der Waals surface area contributed by atoms with E-state index in [2.05, 4.69) is 9.98 Å². The molecule has 9 heteroatoms. The minimum Gasteiger partial charge on any atom is -0.444 e. The van der Waals surface area contributed by atoms with Crippen LogP contribution < -0.4 is 0 Å². The van der Waals surface area contributed by atoms with Crippen LogP contribution in [0.5, 0.6) is 0 Å². The average molecular weight is 482 g/mol. The summed E-state index contributed by atoms with van der Waals surface area (Å²) in [6.45, 7) is 10.6. The molecule has 0 N–H and O–H groups in total. The van der Waals surface area contributed by atoms with E-state index < -0.39 is 22.2 Å². The van der Waals surface area contributed by atoms with Crippen molar-refractivity contribution in [2.75, 3.05) is 26.4 Å². The molecule has 1 fully saturated rings. The Kier molecular flexibility index (Phi) is 9.72. The Labute approximate surface area is 198 Å². The second-order valence-corrected chi connectivity index (χ2v) is 10.4. The molecule has 1 aliphatic heterocycles. The number of aliphatic imine (C=N–C) groups is 2. The Balaban J connectivity index is 2.03. The van der Waals surface area contributed by atoms with Gasteiger partial charge in [-0.15, -0.1) is 0 Å². The van der Waals surface area contributed by atoms with Crippen molar-refractivity contribution in [3.63, 3.8) is 0 Å². The lowest BCUT2D eigenvalue weighted by Gasteiger charge is -2.34. The molecule has 1 amide bonds. The maximum absolute atomic E-state index is 14.3. The molecular weight excluding hydrogens is 445 g/mol. The number of carbonyl (C=O) groups excluding carboxylic acids is 1. The minimum absolute atomic E-state index is 0.0112. The van der Waals surface area contributed by atoms with Gasteiger partial charge in [-0.2, -0.15) is 0 Å². The summed E-state index contributed by atoms with van der Waals surface area (Å²) in [6.07, 6.45) is 3.11. The Bertz CT molecular complexity index is 919. The smallest absolute Gasteiger partial charge is 0.410 e. The van der Waals surface area contributed by atoms with Crippen LogP contribution in [0.4, 0.5) is 9.18 Å². The second-order valence-electron chi connectivity index (χ2n) is 9.10. The first-order valence-corrected chi connectivity index (χ1v) is 12.8. The summed E-state index contributed by atoms with van der Waals surface area (Å²) in [5.41, 5.74) is 0.751. The maximum Gasteiger partial charge on any atom is 0.410 e. The molecule has 184 valence electrons. The van der Waals surface area contributed by atoms with Gasteiger partial charge in [0.2, 0.25) is 0 Å². The van der Waals surface area contributed by atoms with Crippen molar-refractivity contribution in [2.24, 2.45) is 9.98 Å². The van der Waals surface area contributed by atoms with Gasteiger partial charge in [0.25, 0.3) is 0 Å². The monoisotopic (exact) mass is 481 g/mol. The fourth-order valence-electron chi connectivity index (χ4n) is 3.58. The molecule has 0 spiro atoms. The maximum atomic E-state index is 14.3. The van der Waals surface area contributed by atoms with Gasteiger partial charge in [0.05, 0.1) is 27.9 Å². The van der Waals surface area contributed by atoms with Crippen LogP contribution in [0.2, 0.25) is 0 Å². The molecule has 7 nitrogen and oxygen atoms in total. The lowest BCUT2D eigenvalue weighted by molar-refractivity contribution is -0.0257. The van der Waals surface area contributed by atoms with E-state index in [0.29, 0.717) is 24.5 Å². The van der Waals surface area contributed by atoms with Crippen molar-refractivity contribution in [2.45, 2.75) is 76.6 Å². The van der Waals surface area contributed by atoms with Crippen LogP contribution in [0.1, 0.15) is 59.4 Å². The molecular formula is C24H36FN3O4S. The highest BCUT2D eigenvalue weighted by atomic mass is 32.2. The fraction of sp³-hybridized carbons (Fsp3) is 0.625. The number of hydrogen-bond donors (Lipinski definition) is 0. The number of amides is 1. The summed E-state index contributed by atoms with van der Waals surface area (Å²) in [5, 5.41) is 0. The number of likely N-dealkylation sites (tertiary alicyclic amines) is 1. The second kappa shape index (κ2) is 11.8. The molecule has 2 rings (SSSR count). The van der Waals surface area contributed by atoms with Crippen LogP contribution in [-0.4, -0.2) is 71.0 Å². The summed E-state index contributed by atoms with van der Waals surface area (Å²) >= 11 is 0. The standard InChI is InChI=1S/C24H36FN3O4S/c1-8-20(31-18-11-13-28(14-12-18)23(29)32-24(3,4)5)16(2)27-22(26-6)17-9-10-21(33(7)30)19(25)15-17/h9-10,15,18,20H,8,11-14H2,1-7H3. The van der Waals surface area contributed by atoms with Gasteiger partial charge in [-0.25, -0.2) is 14.2 Å². The summed E-state index contributed by atoms with van der Waals surface area (Å²) in [4.78, 5) is 23.0. The first-order chi connectivity index (χ1) is 15.4. The van der Waals surface area contributed by atoms with Gasteiger partial charge in [-0.05, 0) is 65.2 Å². The summed E-state index contributed by atoms with van der Waals surface area (Å²) < 4.78 is 37.6. The highest BCUT2D eigenvalue weighted by Crippen LogP contribution is 2.20. The fourth-order valence-corrected chi connectivity index (χ4v) is 4.17. The Hall–Kier alpha value is -2.13. The summed E-state index contributed by atoms with van der Waals surface area (Å²) in [6, 6.07) is 4.49. The molecule has 2 atom stereocenters. The van der Waals surface area contributed by atoms with Gasteiger partial charge in [0, 0.05) is 37.7 Å². The number of halogens is 1. The molecule has 0 radical (unpaired) electrons. The molecule has 33 heavy (non-hydrogen) atoms. The van der Waals surface area contributed by atoms with Gasteiger partial charge < -0.3 is 14.4 Å². The van der Waals surface area contributed by atoms with Crippen LogP contribution in [0.25, 0.3) is 0 Å². The number of ether oxygens (including phenoxy) is 2. The summed E-state index contributed by atoms with van der Waals surface area (Å²) in [5.74, 6) is -0.149. The third-order valence-electron chi connectivity index (χ3n) is 5.28. The zero-order valence-corrected chi connectivity index (χ0v) is 21.5. The van der Waals surface area contributed by atoms with Crippen molar-refractivity contribution in [1.29, 1.82) is 0 Å². The van der Waals surface area contributed by atoms with Crippen molar-refractivity contribution in [3.05, 3.63) is 29.6 Å². The van der Waals surface area contributed by atoms with E-state index in [1.165, 1.54) is 18.4 Å². The van der Waals surface area contributed by atoms with Crippen molar-refractivity contribution in [1.82, 2.24) is 4.90 Å². The molecule has 0 saturated carbocycles. The molecule has 0 bridgehead atoms. The number of amidine groups is 1. The molecule has 0 aromatic heterocycles. The first kappa shape index (κ1) is 27.1. The van der Waals surface area contributed by atoms with Crippen LogP contribution in [-0.2, 0) is 20.3 Å². The quantitative estimate of drug-likeness (QED) is 0.439. The average Bonchev–Trinajstić information content (AvgIpc) is 2.74. The van der Waals surface area contributed by atoms with Crippen molar-refractivity contribution >= 4 is 28.4 Å². The Morgan fingerprint density at radius 2 is 1.94 bits per heavy atom. The SMILES string of the molecule is CCC(OC1CCN(C(=O)OC(C)(C)C)CC1)C(C)=NC(=NC)c1ccc(S(C)=O)c(F)c1. The van der Waals surface area contributed by atoms with E-state index >= 15 is 0 Å². The molecule has 2 unspecified atom stereocenters. The molecule has 1 saturated heterocycles. The number of hydrogen-bond acceptors (Lipinski definition) is 5. The van der Waals surface area contributed by atoms with E-state index in [4.69, 9.17) is 9.47 Å². The lowest BCUT2D eigenvalue weighted by atomic mass is 10.1.